The molecule has 1 atom stereocenters. The standard InChI is InChI=1S/C12H15NO2/c1-9-4-2-3-5-10-6-7-11(13(14)15)8-12(9)10/h6-9H,2-5H2,1H3. The first-order chi connectivity index (χ1) is 7.18. The number of fused-ring (bicyclic) bond motifs is 1. The fourth-order valence-corrected chi connectivity index (χ4v) is 2.30. The molecule has 0 radical (unpaired) electrons. The van der Waals surface area contributed by atoms with Crippen LogP contribution in [-0.4, -0.2) is 4.92 Å². The molecule has 1 aliphatic rings. The molecule has 1 aromatic carbocycles. The molecule has 0 fully saturated rings. The first kappa shape index (κ1) is 10.1. The van der Waals surface area contributed by atoms with E-state index in [1.807, 2.05) is 6.07 Å². The lowest BCUT2D eigenvalue weighted by molar-refractivity contribution is -0.384. The zero-order valence-electron chi connectivity index (χ0n) is 8.90. The summed E-state index contributed by atoms with van der Waals surface area (Å²) in [4.78, 5) is 10.4. The number of nitro benzene ring substituents is 1. The zero-order chi connectivity index (χ0) is 10.8. The van der Waals surface area contributed by atoms with E-state index in [2.05, 4.69) is 6.92 Å². The summed E-state index contributed by atoms with van der Waals surface area (Å²) in [6.07, 6.45) is 4.64. The molecule has 0 saturated carbocycles. The molecule has 80 valence electrons. The summed E-state index contributed by atoms with van der Waals surface area (Å²) in [7, 11) is 0. The highest BCUT2D eigenvalue weighted by Crippen LogP contribution is 2.32. The molecule has 3 heteroatoms. The summed E-state index contributed by atoms with van der Waals surface area (Å²) >= 11 is 0. The maximum absolute atomic E-state index is 10.7. The van der Waals surface area contributed by atoms with Gasteiger partial charge in [0.1, 0.15) is 0 Å². The van der Waals surface area contributed by atoms with Crippen molar-refractivity contribution in [3.8, 4) is 0 Å². The van der Waals surface area contributed by atoms with Crippen LogP contribution in [0.5, 0.6) is 0 Å². The Hall–Kier alpha value is -1.38. The van der Waals surface area contributed by atoms with Crippen LogP contribution in [-0.2, 0) is 6.42 Å². The third-order valence-corrected chi connectivity index (χ3v) is 3.20. The van der Waals surface area contributed by atoms with E-state index in [0.29, 0.717) is 5.92 Å². The molecular weight excluding hydrogens is 190 g/mol. The first-order valence-corrected chi connectivity index (χ1v) is 5.45. The number of rotatable bonds is 1. The van der Waals surface area contributed by atoms with E-state index < -0.39 is 0 Å². The first-order valence-electron chi connectivity index (χ1n) is 5.45. The average Bonchev–Trinajstić information content (AvgIpc) is 2.40. The number of hydrogen-bond donors (Lipinski definition) is 0. The summed E-state index contributed by atoms with van der Waals surface area (Å²) in [5.74, 6) is 0.461. The average molecular weight is 205 g/mol. The maximum Gasteiger partial charge on any atom is 0.269 e. The molecule has 3 nitrogen and oxygen atoms in total. The molecule has 0 aliphatic heterocycles. The van der Waals surface area contributed by atoms with Crippen molar-refractivity contribution in [2.45, 2.75) is 38.5 Å². The van der Waals surface area contributed by atoms with Crippen LogP contribution >= 0.6 is 0 Å². The van der Waals surface area contributed by atoms with Gasteiger partial charge in [-0.3, -0.25) is 10.1 Å². The lowest BCUT2D eigenvalue weighted by atomic mass is 9.94. The highest BCUT2D eigenvalue weighted by molar-refractivity contribution is 5.42. The minimum atomic E-state index is -0.308. The van der Waals surface area contributed by atoms with Gasteiger partial charge in [-0.2, -0.15) is 0 Å². The molecule has 0 bridgehead atoms. The minimum Gasteiger partial charge on any atom is -0.258 e. The quantitative estimate of drug-likeness (QED) is 0.400. The Morgan fingerprint density at radius 2 is 2.20 bits per heavy atom. The van der Waals surface area contributed by atoms with E-state index >= 15 is 0 Å². The second-order valence-electron chi connectivity index (χ2n) is 4.29. The number of benzene rings is 1. The molecule has 2 rings (SSSR count). The Kier molecular flexibility index (Phi) is 2.71. The third kappa shape index (κ3) is 2.01. The monoisotopic (exact) mass is 205 g/mol. The van der Waals surface area contributed by atoms with Crippen molar-refractivity contribution in [3.05, 3.63) is 39.4 Å². The van der Waals surface area contributed by atoms with Crippen molar-refractivity contribution in [3.63, 3.8) is 0 Å². The molecule has 0 N–H and O–H groups in total. The summed E-state index contributed by atoms with van der Waals surface area (Å²) in [6.45, 7) is 2.16. The molecule has 1 unspecified atom stereocenters. The Bertz CT molecular complexity index is 387. The number of nitro groups is 1. The Morgan fingerprint density at radius 3 is 2.93 bits per heavy atom. The van der Waals surface area contributed by atoms with E-state index in [0.717, 1.165) is 12.8 Å². The van der Waals surface area contributed by atoms with E-state index in [-0.39, 0.29) is 10.6 Å². The highest BCUT2D eigenvalue weighted by atomic mass is 16.6. The van der Waals surface area contributed by atoms with Gasteiger partial charge in [-0.25, -0.2) is 0 Å². The van der Waals surface area contributed by atoms with Gasteiger partial charge >= 0.3 is 0 Å². The minimum absolute atomic E-state index is 0.225. The van der Waals surface area contributed by atoms with E-state index in [1.165, 1.54) is 24.0 Å². The van der Waals surface area contributed by atoms with E-state index in [1.54, 1.807) is 12.1 Å². The van der Waals surface area contributed by atoms with E-state index in [9.17, 15) is 10.1 Å². The topological polar surface area (TPSA) is 43.1 Å². The summed E-state index contributed by atoms with van der Waals surface area (Å²) in [6, 6.07) is 5.30. The largest absolute Gasteiger partial charge is 0.269 e. The number of hydrogen-bond acceptors (Lipinski definition) is 2. The smallest absolute Gasteiger partial charge is 0.258 e. The molecule has 0 heterocycles. The highest BCUT2D eigenvalue weighted by Gasteiger charge is 2.17. The predicted molar refractivity (Wildman–Crippen MR) is 59.1 cm³/mol. The van der Waals surface area contributed by atoms with Crippen molar-refractivity contribution in [1.82, 2.24) is 0 Å². The van der Waals surface area contributed by atoms with Gasteiger partial charge in [0.15, 0.2) is 0 Å². The zero-order valence-corrected chi connectivity index (χ0v) is 8.90. The van der Waals surface area contributed by atoms with E-state index in [4.69, 9.17) is 0 Å². The van der Waals surface area contributed by atoms with Gasteiger partial charge in [-0.1, -0.05) is 19.4 Å². The summed E-state index contributed by atoms with van der Waals surface area (Å²) in [5.41, 5.74) is 2.70. The Balaban J connectivity index is 2.44. The number of aryl methyl sites for hydroxylation is 1. The number of nitrogens with zero attached hydrogens (tertiary/aromatic N) is 1. The van der Waals surface area contributed by atoms with Gasteiger partial charge in [0.2, 0.25) is 0 Å². The van der Waals surface area contributed by atoms with Crippen LogP contribution in [0.2, 0.25) is 0 Å². The normalized spacial score (nSPS) is 20.5. The van der Waals surface area contributed by atoms with Crippen LogP contribution in [0.25, 0.3) is 0 Å². The van der Waals surface area contributed by atoms with Gasteiger partial charge in [-0.05, 0) is 36.3 Å². The van der Waals surface area contributed by atoms with Crippen molar-refractivity contribution in [2.75, 3.05) is 0 Å². The molecule has 0 spiro atoms. The lowest BCUT2D eigenvalue weighted by Crippen LogP contribution is -1.98. The van der Waals surface area contributed by atoms with Gasteiger partial charge in [0, 0.05) is 12.1 Å². The molecule has 1 aromatic rings. The maximum atomic E-state index is 10.7. The summed E-state index contributed by atoms with van der Waals surface area (Å²) < 4.78 is 0. The molecule has 0 aromatic heterocycles. The van der Waals surface area contributed by atoms with Crippen molar-refractivity contribution >= 4 is 5.69 Å². The Morgan fingerprint density at radius 1 is 1.40 bits per heavy atom. The molecule has 1 aliphatic carbocycles. The van der Waals surface area contributed by atoms with Crippen molar-refractivity contribution in [2.24, 2.45) is 0 Å². The summed E-state index contributed by atoms with van der Waals surface area (Å²) in [5, 5.41) is 10.7. The van der Waals surface area contributed by atoms with Crippen LogP contribution in [0.15, 0.2) is 18.2 Å². The fourth-order valence-electron chi connectivity index (χ4n) is 2.30. The Labute approximate surface area is 89.3 Å². The second kappa shape index (κ2) is 4.01. The number of non-ortho nitro benzene ring substituents is 1. The van der Waals surface area contributed by atoms with Crippen LogP contribution < -0.4 is 0 Å². The third-order valence-electron chi connectivity index (χ3n) is 3.20. The van der Waals surface area contributed by atoms with Crippen LogP contribution in [0, 0.1) is 10.1 Å². The molecule has 0 saturated heterocycles. The molecule has 15 heavy (non-hydrogen) atoms. The van der Waals surface area contributed by atoms with Crippen LogP contribution in [0.3, 0.4) is 0 Å². The lowest BCUT2D eigenvalue weighted by Gasteiger charge is -2.11. The van der Waals surface area contributed by atoms with Crippen LogP contribution in [0.4, 0.5) is 5.69 Å². The second-order valence-corrected chi connectivity index (χ2v) is 4.29. The van der Waals surface area contributed by atoms with Gasteiger partial charge in [0.25, 0.3) is 5.69 Å². The van der Waals surface area contributed by atoms with Gasteiger partial charge < -0.3 is 0 Å². The van der Waals surface area contributed by atoms with Crippen molar-refractivity contribution in [1.29, 1.82) is 0 Å². The van der Waals surface area contributed by atoms with Gasteiger partial charge in [-0.15, -0.1) is 0 Å². The SMILES string of the molecule is CC1CCCCc2ccc([N+](=O)[O-])cc21. The van der Waals surface area contributed by atoms with Crippen molar-refractivity contribution < 1.29 is 4.92 Å². The fraction of sp³-hybridized carbons (Fsp3) is 0.500. The molecule has 0 amide bonds. The predicted octanol–water partition coefficient (Wildman–Crippen LogP) is 3.42. The van der Waals surface area contributed by atoms with Crippen LogP contribution in [0.1, 0.15) is 43.2 Å². The van der Waals surface area contributed by atoms with Gasteiger partial charge in [0.05, 0.1) is 4.92 Å². The molecular formula is C12H15NO2.